The van der Waals surface area contributed by atoms with Crippen molar-refractivity contribution in [3.05, 3.63) is 59.7 Å². The molecule has 0 aliphatic rings. The molecule has 0 aliphatic carbocycles. The Morgan fingerprint density at radius 2 is 1.10 bits per heavy atom. The Labute approximate surface area is 123 Å². The molecule has 0 bridgehead atoms. The van der Waals surface area contributed by atoms with Crippen molar-refractivity contribution < 1.29 is 0 Å². The number of rotatable bonds is 1. The Bertz CT molecular complexity index is 575. The first-order valence-corrected chi connectivity index (χ1v) is 7.39. The maximum Gasteiger partial charge on any atom is -0.0132 e. The Balaban J connectivity index is 2.38. The van der Waals surface area contributed by atoms with E-state index in [1.54, 1.807) is 0 Å². The van der Waals surface area contributed by atoms with E-state index in [1.807, 2.05) is 0 Å². The summed E-state index contributed by atoms with van der Waals surface area (Å²) < 4.78 is 0. The molecule has 0 unspecified atom stereocenters. The Kier molecular flexibility index (Phi) is 3.77. The summed E-state index contributed by atoms with van der Waals surface area (Å²) in [6.45, 7) is 13.5. The van der Waals surface area contributed by atoms with E-state index >= 15 is 0 Å². The van der Waals surface area contributed by atoms with Gasteiger partial charge in [-0.05, 0) is 33.1 Å². The van der Waals surface area contributed by atoms with Crippen LogP contribution in [0, 0.1) is 0 Å². The first-order valence-electron chi connectivity index (χ1n) is 7.39. The molecule has 0 nitrogen and oxygen atoms in total. The Morgan fingerprint density at radius 3 is 1.60 bits per heavy atom. The molecule has 0 aromatic heterocycles. The van der Waals surface area contributed by atoms with E-state index in [9.17, 15) is 0 Å². The summed E-state index contributed by atoms with van der Waals surface area (Å²) >= 11 is 0. The molecule has 0 spiro atoms. The smallest absolute Gasteiger partial charge is 0.0132 e. The minimum absolute atomic E-state index is 0.196. The molecule has 0 saturated heterocycles. The zero-order valence-corrected chi connectivity index (χ0v) is 13.6. The fourth-order valence-corrected chi connectivity index (χ4v) is 2.33. The number of hydrogen-bond acceptors (Lipinski definition) is 0. The molecule has 0 atom stereocenters. The van der Waals surface area contributed by atoms with Crippen LogP contribution >= 0.6 is 0 Å². The van der Waals surface area contributed by atoms with Crippen LogP contribution < -0.4 is 0 Å². The highest BCUT2D eigenvalue weighted by molar-refractivity contribution is 5.65. The van der Waals surface area contributed by atoms with Crippen LogP contribution in [0.3, 0.4) is 0 Å². The van der Waals surface area contributed by atoms with E-state index < -0.39 is 0 Å². The van der Waals surface area contributed by atoms with Gasteiger partial charge in [0.25, 0.3) is 0 Å². The molecule has 2 rings (SSSR count). The van der Waals surface area contributed by atoms with Crippen LogP contribution in [0.5, 0.6) is 0 Å². The standard InChI is InChI=1S/C20H26/c1-19(2,3)17-12-10-15(11-13-17)16-8-7-9-18(14-16)20(4,5)6/h7-14H,1-6H3. The second-order valence-electron chi connectivity index (χ2n) is 7.66. The first kappa shape index (κ1) is 14.8. The molecule has 0 N–H and O–H groups in total. The maximum absolute atomic E-state index is 2.31. The molecule has 0 heterocycles. The fraction of sp³-hybridized carbons (Fsp3) is 0.400. The predicted molar refractivity (Wildman–Crippen MR) is 89.3 cm³/mol. The molecule has 2 aromatic rings. The van der Waals surface area contributed by atoms with Crippen LogP contribution in [0.2, 0.25) is 0 Å². The zero-order valence-electron chi connectivity index (χ0n) is 13.6. The second-order valence-corrected chi connectivity index (χ2v) is 7.66. The van der Waals surface area contributed by atoms with Gasteiger partial charge in [-0.1, -0.05) is 90.1 Å². The Hall–Kier alpha value is -1.56. The lowest BCUT2D eigenvalue weighted by molar-refractivity contribution is 0.590. The highest BCUT2D eigenvalue weighted by Crippen LogP contribution is 2.29. The van der Waals surface area contributed by atoms with Gasteiger partial charge in [-0.2, -0.15) is 0 Å². The van der Waals surface area contributed by atoms with Crippen LogP contribution in [-0.4, -0.2) is 0 Å². The number of benzene rings is 2. The molecular weight excluding hydrogens is 240 g/mol. The third kappa shape index (κ3) is 3.30. The summed E-state index contributed by atoms with van der Waals surface area (Å²) in [6.07, 6.45) is 0. The SMILES string of the molecule is CC(C)(C)c1ccc(-c2cccc(C(C)(C)C)c2)cc1. The predicted octanol–water partition coefficient (Wildman–Crippen LogP) is 5.95. The van der Waals surface area contributed by atoms with Crippen LogP contribution in [-0.2, 0) is 10.8 Å². The lowest BCUT2D eigenvalue weighted by Crippen LogP contribution is -2.11. The molecule has 0 heteroatoms. The van der Waals surface area contributed by atoms with Gasteiger partial charge in [-0.3, -0.25) is 0 Å². The molecule has 0 amide bonds. The van der Waals surface area contributed by atoms with Gasteiger partial charge in [0.15, 0.2) is 0 Å². The second kappa shape index (κ2) is 5.09. The summed E-state index contributed by atoms with van der Waals surface area (Å²) in [6, 6.07) is 17.9. The highest BCUT2D eigenvalue weighted by atomic mass is 14.2. The monoisotopic (exact) mass is 266 g/mol. The number of hydrogen-bond donors (Lipinski definition) is 0. The molecular formula is C20H26. The largest absolute Gasteiger partial charge is 0.0614 e. The van der Waals surface area contributed by atoms with Crippen molar-refractivity contribution in [2.24, 2.45) is 0 Å². The topological polar surface area (TPSA) is 0 Å². The molecule has 0 saturated carbocycles. The van der Waals surface area contributed by atoms with E-state index in [-0.39, 0.29) is 10.8 Å². The van der Waals surface area contributed by atoms with Gasteiger partial charge < -0.3 is 0 Å². The lowest BCUT2D eigenvalue weighted by atomic mass is 9.84. The van der Waals surface area contributed by atoms with Crippen LogP contribution in [0.25, 0.3) is 11.1 Å². The first-order chi connectivity index (χ1) is 9.18. The van der Waals surface area contributed by atoms with E-state index in [0.29, 0.717) is 0 Å². The summed E-state index contributed by atoms with van der Waals surface area (Å²) in [4.78, 5) is 0. The van der Waals surface area contributed by atoms with Crippen molar-refractivity contribution in [3.8, 4) is 11.1 Å². The third-order valence-electron chi connectivity index (χ3n) is 3.81. The summed E-state index contributed by atoms with van der Waals surface area (Å²) in [5.74, 6) is 0. The summed E-state index contributed by atoms with van der Waals surface area (Å²) in [7, 11) is 0. The average molecular weight is 266 g/mol. The quantitative estimate of drug-likeness (QED) is 0.598. The highest BCUT2D eigenvalue weighted by Gasteiger charge is 2.15. The minimum atomic E-state index is 0.196. The van der Waals surface area contributed by atoms with Crippen molar-refractivity contribution in [3.63, 3.8) is 0 Å². The molecule has 20 heavy (non-hydrogen) atoms. The van der Waals surface area contributed by atoms with Crippen LogP contribution in [0.1, 0.15) is 52.7 Å². The van der Waals surface area contributed by atoms with Crippen molar-refractivity contribution >= 4 is 0 Å². The Morgan fingerprint density at radius 1 is 0.550 bits per heavy atom. The van der Waals surface area contributed by atoms with Gasteiger partial charge in [0.1, 0.15) is 0 Å². The molecule has 0 radical (unpaired) electrons. The molecule has 106 valence electrons. The van der Waals surface area contributed by atoms with Crippen LogP contribution in [0.15, 0.2) is 48.5 Å². The zero-order chi connectivity index (χ0) is 15.0. The summed E-state index contributed by atoms with van der Waals surface area (Å²) in [5.41, 5.74) is 5.78. The molecule has 0 fully saturated rings. The lowest BCUT2D eigenvalue weighted by Gasteiger charge is -2.21. The van der Waals surface area contributed by atoms with Gasteiger partial charge in [-0.25, -0.2) is 0 Å². The average Bonchev–Trinajstić information content (AvgIpc) is 2.37. The van der Waals surface area contributed by atoms with Crippen molar-refractivity contribution in [1.29, 1.82) is 0 Å². The van der Waals surface area contributed by atoms with Crippen LogP contribution in [0.4, 0.5) is 0 Å². The van der Waals surface area contributed by atoms with Gasteiger partial charge in [-0.15, -0.1) is 0 Å². The van der Waals surface area contributed by atoms with Gasteiger partial charge in [0.2, 0.25) is 0 Å². The van der Waals surface area contributed by atoms with Crippen molar-refractivity contribution in [2.45, 2.75) is 52.4 Å². The molecule has 0 aliphatic heterocycles. The van der Waals surface area contributed by atoms with Crippen molar-refractivity contribution in [2.75, 3.05) is 0 Å². The fourth-order valence-electron chi connectivity index (χ4n) is 2.33. The maximum atomic E-state index is 2.31. The normalized spacial score (nSPS) is 12.5. The minimum Gasteiger partial charge on any atom is -0.0614 e. The summed E-state index contributed by atoms with van der Waals surface area (Å²) in [5, 5.41) is 0. The van der Waals surface area contributed by atoms with Crippen molar-refractivity contribution in [1.82, 2.24) is 0 Å². The van der Waals surface area contributed by atoms with Gasteiger partial charge in [0, 0.05) is 0 Å². The van der Waals surface area contributed by atoms with E-state index in [2.05, 4.69) is 90.1 Å². The third-order valence-corrected chi connectivity index (χ3v) is 3.81. The van der Waals surface area contributed by atoms with Gasteiger partial charge >= 0.3 is 0 Å². The molecule has 2 aromatic carbocycles. The van der Waals surface area contributed by atoms with E-state index in [0.717, 1.165) is 0 Å². The van der Waals surface area contributed by atoms with Gasteiger partial charge in [0.05, 0.1) is 0 Å². The van der Waals surface area contributed by atoms with E-state index in [1.165, 1.54) is 22.3 Å². The van der Waals surface area contributed by atoms with E-state index in [4.69, 9.17) is 0 Å².